The molecular formula is C58H48N2. The van der Waals surface area contributed by atoms with Gasteiger partial charge in [0, 0.05) is 38.9 Å². The molecule has 0 unspecified atom stereocenters. The second-order valence-electron chi connectivity index (χ2n) is 16.6. The van der Waals surface area contributed by atoms with E-state index < -0.39 is 0 Å². The van der Waals surface area contributed by atoms with Crippen LogP contribution in [0.5, 0.6) is 0 Å². The fourth-order valence-corrected chi connectivity index (χ4v) is 9.18. The average Bonchev–Trinajstić information content (AvgIpc) is 3.27. The summed E-state index contributed by atoms with van der Waals surface area (Å²) in [6, 6.07) is 67.6. The highest BCUT2D eigenvalue weighted by atomic mass is 15.2. The molecule has 60 heavy (non-hydrogen) atoms. The molecule has 0 N–H and O–H groups in total. The molecule has 0 spiro atoms. The molecule has 0 saturated carbocycles. The maximum absolute atomic E-state index is 2.55. The highest BCUT2D eigenvalue weighted by Crippen LogP contribution is 2.52. The summed E-state index contributed by atoms with van der Waals surface area (Å²) in [5.74, 6) is 0. The molecule has 0 saturated heterocycles. The number of benzene rings is 10. The van der Waals surface area contributed by atoms with Crippen molar-refractivity contribution in [3.8, 4) is 22.3 Å². The lowest BCUT2D eigenvalue weighted by atomic mass is 9.90. The number of anilines is 6. The zero-order chi connectivity index (χ0) is 41.1. The molecule has 0 aromatic heterocycles. The summed E-state index contributed by atoms with van der Waals surface area (Å²) in [6.07, 6.45) is 0. The highest BCUT2D eigenvalue weighted by Gasteiger charge is 2.27. The van der Waals surface area contributed by atoms with Gasteiger partial charge < -0.3 is 9.80 Å². The van der Waals surface area contributed by atoms with Crippen molar-refractivity contribution >= 4 is 66.4 Å². The van der Waals surface area contributed by atoms with Crippen LogP contribution in [0.1, 0.15) is 33.4 Å². The lowest BCUT2D eigenvalue weighted by Crippen LogP contribution is -2.17. The molecule has 0 aliphatic heterocycles. The van der Waals surface area contributed by atoms with E-state index in [1.54, 1.807) is 0 Å². The summed E-state index contributed by atoms with van der Waals surface area (Å²) in [5.41, 5.74) is 19.0. The first-order valence-electron chi connectivity index (χ1n) is 21.0. The molecule has 0 aliphatic carbocycles. The minimum absolute atomic E-state index is 1.14. The van der Waals surface area contributed by atoms with Crippen molar-refractivity contribution in [2.24, 2.45) is 0 Å². The maximum Gasteiger partial charge on any atom is 0.0561 e. The average molecular weight is 773 g/mol. The zero-order valence-corrected chi connectivity index (χ0v) is 35.2. The van der Waals surface area contributed by atoms with Gasteiger partial charge in [-0.05, 0) is 144 Å². The van der Waals surface area contributed by atoms with Crippen LogP contribution in [0.3, 0.4) is 0 Å². The van der Waals surface area contributed by atoms with Crippen LogP contribution in [0.15, 0.2) is 182 Å². The van der Waals surface area contributed by atoms with Crippen LogP contribution in [0.25, 0.3) is 54.6 Å². The van der Waals surface area contributed by atoms with Gasteiger partial charge in [-0.25, -0.2) is 0 Å². The monoisotopic (exact) mass is 772 g/mol. The fraction of sp³-hybridized carbons (Fsp3) is 0.103. The van der Waals surface area contributed by atoms with E-state index in [0.29, 0.717) is 0 Å². The summed E-state index contributed by atoms with van der Waals surface area (Å²) in [4.78, 5) is 5.10. The number of rotatable bonds is 8. The molecule has 0 bridgehead atoms. The van der Waals surface area contributed by atoms with Gasteiger partial charge in [0.2, 0.25) is 0 Å². The second kappa shape index (κ2) is 14.9. The van der Waals surface area contributed by atoms with Gasteiger partial charge >= 0.3 is 0 Å². The first kappa shape index (κ1) is 37.1. The summed E-state index contributed by atoms with van der Waals surface area (Å²) in [5, 5.41) is 7.50. The number of hydrogen-bond donors (Lipinski definition) is 0. The Kier molecular flexibility index (Phi) is 9.22. The van der Waals surface area contributed by atoms with Crippen LogP contribution in [-0.2, 0) is 0 Å². The SMILES string of the molecule is Cc1ccc(C)c(N(c2cc(-c3ccccc3)ccc2C)c2cc(N(c3cc(C)ccc3C)c3cc(-c4ccccc4)ccc3C)c3ccc4cccc5ccc2c3c54)c1. The van der Waals surface area contributed by atoms with E-state index in [4.69, 9.17) is 0 Å². The van der Waals surface area contributed by atoms with Gasteiger partial charge in [-0.1, -0.05) is 152 Å². The summed E-state index contributed by atoms with van der Waals surface area (Å²) >= 11 is 0. The first-order chi connectivity index (χ1) is 29.2. The van der Waals surface area contributed by atoms with Crippen molar-refractivity contribution in [2.75, 3.05) is 9.80 Å². The summed E-state index contributed by atoms with van der Waals surface area (Å²) < 4.78 is 0. The molecule has 0 aliphatic rings. The van der Waals surface area contributed by atoms with E-state index in [2.05, 4.69) is 233 Å². The molecule has 10 aromatic rings. The molecule has 0 radical (unpaired) electrons. The lowest BCUT2D eigenvalue weighted by Gasteiger charge is -2.35. The van der Waals surface area contributed by atoms with Gasteiger partial charge in [0.1, 0.15) is 0 Å². The van der Waals surface area contributed by atoms with Crippen LogP contribution in [0, 0.1) is 41.5 Å². The Morgan fingerprint density at radius 2 is 0.667 bits per heavy atom. The smallest absolute Gasteiger partial charge is 0.0561 e. The van der Waals surface area contributed by atoms with E-state index >= 15 is 0 Å². The number of nitrogens with zero attached hydrogens (tertiary/aromatic N) is 2. The van der Waals surface area contributed by atoms with Crippen LogP contribution < -0.4 is 9.80 Å². The predicted molar refractivity (Wildman–Crippen MR) is 259 cm³/mol. The topological polar surface area (TPSA) is 6.48 Å². The van der Waals surface area contributed by atoms with Crippen LogP contribution in [-0.4, -0.2) is 0 Å². The van der Waals surface area contributed by atoms with E-state index in [0.717, 1.165) is 22.7 Å². The highest BCUT2D eigenvalue weighted by molar-refractivity contribution is 6.29. The molecule has 2 heteroatoms. The molecule has 10 rings (SSSR count). The number of hydrogen-bond acceptors (Lipinski definition) is 2. The third-order valence-corrected chi connectivity index (χ3v) is 12.4. The van der Waals surface area contributed by atoms with Gasteiger partial charge in [-0.2, -0.15) is 0 Å². The fourth-order valence-electron chi connectivity index (χ4n) is 9.18. The van der Waals surface area contributed by atoms with E-state index in [1.165, 1.54) is 99.3 Å². The van der Waals surface area contributed by atoms with Gasteiger partial charge in [0.05, 0.1) is 11.4 Å². The molecule has 0 heterocycles. The Hall–Kier alpha value is -7.16. The summed E-state index contributed by atoms with van der Waals surface area (Å²) in [6.45, 7) is 13.4. The molecule has 2 nitrogen and oxygen atoms in total. The molecule has 290 valence electrons. The van der Waals surface area contributed by atoms with Crippen LogP contribution >= 0.6 is 0 Å². The molecule has 0 fully saturated rings. The van der Waals surface area contributed by atoms with E-state index in [-0.39, 0.29) is 0 Å². The largest absolute Gasteiger partial charge is 0.309 e. The Morgan fingerprint density at radius 1 is 0.267 bits per heavy atom. The van der Waals surface area contributed by atoms with Crippen molar-refractivity contribution in [1.29, 1.82) is 0 Å². The lowest BCUT2D eigenvalue weighted by molar-refractivity contribution is 1.20. The molecule has 0 amide bonds. The second-order valence-corrected chi connectivity index (χ2v) is 16.6. The molecule has 0 atom stereocenters. The Bertz CT molecular complexity index is 3010. The Balaban J connectivity index is 1.36. The van der Waals surface area contributed by atoms with E-state index in [9.17, 15) is 0 Å². The maximum atomic E-state index is 2.55. The standard InChI is InChI=1S/C58H48N2/c1-37-20-22-39(3)51(32-37)59(53-34-47(26-24-41(53)5)43-14-9-7-10-15-43)55-36-56(50-31-29-46-19-13-18-45-28-30-49(55)58(50)57(45)46)60(52-33-38(2)21-23-40(52)4)54-35-48(27-25-42(54)6)44-16-11-8-12-17-44/h7-36H,1-6H3. The normalized spacial score (nSPS) is 11.5. The predicted octanol–water partition coefficient (Wildman–Crippen LogP) is 16.7. The van der Waals surface area contributed by atoms with Crippen molar-refractivity contribution < 1.29 is 0 Å². The van der Waals surface area contributed by atoms with Crippen molar-refractivity contribution in [3.63, 3.8) is 0 Å². The van der Waals surface area contributed by atoms with Crippen LogP contribution in [0.2, 0.25) is 0 Å². The zero-order valence-electron chi connectivity index (χ0n) is 35.2. The summed E-state index contributed by atoms with van der Waals surface area (Å²) in [7, 11) is 0. The molecule has 10 aromatic carbocycles. The Morgan fingerprint density at radius 3 is 1.10 bits per heavy atom. The quantitative estimate of drug-likeness (QED) is 0.142. The minimum atomic E-state index is 1.14. The third-order valence-electron chi connectivity index (χ3n) is 12.4. The molecular weight excluding hydrogens is 725 g/mol. The van der Waals surface area contributed by atoms with Crippen molar-refractivity contribution in [3.05, 3.63) is 215 Å². The minimum Gasteiger partial charge on any atom is -0.309 e. The van der Waals surface area contributed by atoms with Crippen molar-refractivity contribution in [2.45, 2.75) is 41.5 Å². The van der Waals surface area contributed by atoms with Crippen molar-refractivity contribution in [1.82, 2.24) is 0 Å². The van der Waals surface area contributed by atoms with Gasteiger partial charge in [-0.15, -0.1) is 0 Å². The van der Waals surface area contributed by atoms with E-state index in [1.807, 2.05) is 0 Å². The van der Waals surface area contributed by atoms with Gasteiger partial charge in [-0.3, -0.25) is 0 Å². The van der Waals surface area contributed by atoms with Crippen LogP contribution in [0.4, 0.5) is 34.1 Å². The number of aryl methyl sites for hydroxylation is 6. The first-order valence-corrected chi connectivity index (χ1v) is 21.0. The van der Waals surface area contributed by atoms with Gasteiger partial charge in [0.15, 0.2) is 0 Å². The van der Waals surface area contributed by atoms with Gasteiger partial charge in [0.25, 0.3) is 0 Å². The Labute approximate surface area is 354 Å². The third kappa shape index (κ3) is 6.37.